The van der Waals surface area contributed by atoms with Crippen molar-refractivity contribution in [2.45, 2.75) is 12.8 Å². The number of anilines is 1. The average molecular weight is 327 g/mol. The lowest BCUT2D eigenvalue weighted by molar-refractivity contribution is -0.139. The van der Waals surface area contributed by atoms with Crippen LogP contribution in [0.4, 0.5) is 19.0 Å². The van der Waals surface area contributed by atoms with E-state index < -0.39 is 17.6 Å². The highest BCUT2D eigenvalue weighted by Gasteiger charge is 2.36. The van der Waals surface area contributed by atoms with Gasteiger partial charge in [0.1, 0.15) is 23.7 Å². The van der Waals surface area contributed by atoms with Crippen LogP contribution in [0.15, 0.2) is 34.9 Å². The van der Waals surface area contributed by atoms with E-state index in [1.807, 2.05) is 4.90 Å². The van der Waals surface area contributed by atoms with Crippen molar-refractivity contribution >= 4 is 5.82 Å². The first kappa shape index (κ1) is 15.7. The summed E-state index contributed by atoms with van der Waals surface area (Å²) in [5.74, 6) is 0.492. The molecule has 0 amide bonds. The van der Waals surface area contributed by atoms with Crippen molar-refractivity contribution in [2.75, 3.05) is 31.1 Å². The Balaban J connectivity index is 1.85. The Morgan fingerprint density at radius 2 is 2.00 bits per heavy atom. The molecule has 1 saturated heterocycles. The van der Waals surface area contributed by atoms with E-state index in [9.17, 15) is 13.2 Å². The van der Waals surface area contributed by atoms with Gasteiger partial charge in [0.05, 0.1) is 6.26 Å². The predicted octanol–water partition coefficient (Wildman–Crippen LogP) is 2.68. The third kappa shape index (κ3) is 3.76. The van der Waals surface area contributed by atoms with Gasteiger partial charge in [0.2, 0.25) is 5.88 Å². The van der Waals surface area contributed by atoms with E-state index in [0.717, 1.165) is 19.2 Å². The average Bonchev–Trinajstić information content (AvgIpc) is 3.06. The molecule has 3 heterocycles. The fraction of sp³-hybridized carbons (Fsp3) is 0.400. The van der Waals surface area contributed by atoms with Crippen molar-refractivity contribution in [3.05, 3.63) is 41.9 Å². The molecule has 0 spiro atoms. The summed E-state index contributed by atoms with van der Waals surface area (Å²) in [4.78, 5) is 6.00. The number of aromatic nitrogens is 1. The van der Waals surface area contributed by atoms with Crippen LogP contribution in [-0.4, -0.2) is 31.2 Å². The second-order valence-corrected chi connectivity index (χ2v) is 5.13. The number of alkyl halides is 3. The van der Waals surface area contributed by atoms with Crippen LogP contribution in [0.5, 0.6) is 5.88 Å². The quantitative estimate of drug-likeness (QED) is 0.936. The molecule has 0 aromatic carbocycles. The number of halogens is 3. The van der Waals surface area contributed by atoms with E-state index in [1.165, 1.54) is 12.3 Å². The van der Waals surface area contributed by atoms with Gasteiger partial charge in [0.15, 0.2) is 0 Å². The van der Waals surface area contributed by atoms with Crippen LogP contribution in [0.1, 0.15) is 11.3 Å². The normalized spacial score (nSPS) is 15.7. The molecule has 1 aliphatic rings. The smallest absolute Gasteiger partial charge is 0.421 e. The van der Waals surface area contributed by atoms with Gasteiger partial charge in [-0.2, -0.15) is 18.2 Å². The molecule has 8 heteroatoms. The number of hydrogen-bond acceptors (Lipinski definition) is 5. The van der Waals surface area contributed by atoms with E-state index in [2.05, 4.69) is 10.3 Å². The summed E-state index contributed by atoms with van der Waals surface area (Å²) < 4.78 is 49.7. The summed E-state index contributed by atoms with van der Waals surface area (Å²) >= 11 is 0. The molecule has 2 aromatic rings. The van der Waals surface area contributed by atoms with Crippen LogP contribution in [0, 0.1) is 0 Å². The molecule has 0 aliphatic carbocycles. The Hall–Kier alpha value is -2.22. The maximum atomic E-state index is 13.1. The Labute approximate surface area is 131 Å². The van der Waals surface area contributed by atoms with Gasteiger partial charge in [0, 0.05) is 26.2 Å². The lowest BCUT2D eigenvalue weighted by Gasteiger charge is -2.29. The van der Waals surface area contributed by atoms with Crippen LogP contribution in [-0.2, 0) is 12.8 Å². The zero-order valence-corrected chi connectivity index (χ0v) is 12.3. The Bertz CT molecular complexity index is 638. The molecule has 0 bridgehead atoms. The third-order valence-electron chi connectivity index (χ3n) is 3.52. The maximum Gasteiger partial charge on any atom is 0.421 e. The molecule has 2 aromatic heterocycles. The highest BCUT2D eigenvalue weighted by molar-refractivity contribution is 5.45. The summed E-state index contributed by atoms with van der Waals surface area (Å²) in [5.41, 5.74) is -0.886. The van der Waals surface area contributed by atoms with Crippen molar-refractivity contribution in [3.8, 4) is 5.88 Å². The van der Waals surface area contributed by atoms with E-state index in [-0.39, 0.29) is 6.61 Å². The summed E-state index contributed by atoms with van der Waals surface area (Å²) in [7, 11) is 0. The van der Waals surface area contributed by atoms with Crippen molar-refractivity contribution in [2.24, 2.45) is 0 Å². The highest BCUT2D eigenvalue weighted by atomic mass is 19.4. The summed E-state index contributed by atoms with van der Waals surface area (Å²) in [6, 6.07) is 5.68. The van der Waals surface area contributed by atoms with Crippen LogP contribution in [0.2, 0.25) is 0 Å². The number of ether oxygens (including phenoxy) is 1. The lowest BCUT2D eigenvalue weighted by Crippen LogP contribution is -2.43. The third-order valence-corrected chi connectivity index (χ3v) is 3.52. The molecule has 0 radical (unpaired) electrons. The van der Waals surface area contributed by atoms with E-state index in [1.54, 1.807) is 12.1 Å². The molecule has 1 N–H and O–H groups in total. The van der Waals surface area contributed by atoms with Gasteiger partial charge in [0.25, 0.3) is 0 Å². The monoisotopic (exact) mass is 327 g/mol. The standard InChI is InChI=1S/C15H16F3N3O2/c16-15(17,18)12-3-4-13(21-7-5-19-6-8-21)20-14(12)23-10-11-2-1-9-22-11/h1-4,9,19H,5-8,10H2. The first-order valence-electron chi connectivity index (χ1n) is 7.23. The zero-order valence-electron chi connectivity index (χ0n) is 12.3. The molecule has 1 fully saturated rings. The molecular formula is C15H16F3N3O2. The van der Waals surface area contributed by atoms with E-state index in [0.29, 0.717) is 24.7 Å². The molecule has 0 saturated carbocycles. The van der Waals surface area contributed by atoms with Gasteiger partial charge in [-0.3, -0.25) is 0 Å². The molecule has 3 rings (SSSR count). The first-order chi connectivity index (χ1) is 11.0. The summed E-state index contributed by atoms with van der Waals surface area (Å²) in [5, 5.41) is 3.19. The van der Waals surface area contributed by atoms with E-state index >= 15 is 0 Å². The second-order valence-electron chi connectivity index (χ2n) is 5.13. The fourth-order valence-electron chi connectivity index (χ4n) is 2.36. The number of piperazine rings is 1. The van der Waals surface area contributed by atoms with Gasteiger partial charge in [-0.15, -0.1) is 0 Å². The van der Waals surface area contributed by atoms with Crippen molar-refractivity contribution in [3.63, 3.8) is 0 Å². The number of nitrogens with one attached hydrogen (secondary N) is 1. The molecule has 0 unspecified atom stereocenters. The number of nitrogens with zero attached hydrogens (tertiary/aromatic N) is 2. The lowest BCUT2D eigenvalue weighted by atomic mass is 10.2. The molecule has 23 heavy (non-hydrogen) atoms. The van der Waals surface area contributed by atoms with Gasteiger partial charge in [-0.05, 0) is 24.3 Å². The first-order valence-corrected chi connectivity index (χ1v) is 7.23. The number of pyridine rings is 1. The number of hydrogen-bond donors (Lipinski definition) is 1. The minimum absolute atomic E-state index is 0.103. The van der Waals surface area contributed by atoms with Crippen molar-refractivity contribution < 1.29 is 22.3 Å². The van der Waals surface area contributed by atoms with Crippen LogP contribution in [0.3, 0.4) is 0 Å². The number of furan rings is 1. The fourth-order valence-corrected chi connectivity index (χ4v) is 2.36. The largest absolute Gasteiger partial charge is 0.469 e. The Morgan fingerprint density at radius 3 is 2.65 bits per heavy atom. The van der Waals surface area contributed by atoms with Crippen molar-refractivity contribution in [1.82, 2.24) is 10.3 Å². The summed E-state index contributed by atoms with van der Waals surface area (Å²) in [6.07, 6.45) is -3.08. The molecule has 0 atom stereocenters. The number of rotatable bonds is 4. The van der Waals surface area contributed by atoms with Gasteiger partial charge in [-0.25, -0.2) is 0 Å². The zero-order chi connectivity index (χ0) is 16.3. The minimum Gasteiger partial charge on any atom is -0.469 e. The van der Waals surface area contributed by atoms with Crippen LogP contribution in [0.25, 0.3) is 0 Å². The predicted molar refractivity (Wildman–Crippen MR) is 77.4 cm³/mol. The highest BCUT2D eigenvalue weighted by Crippen LogP contribution is 2.36. The minimum atomic E-state index is -4.52. The Morgan fingerprint density at radius 1 is 1.22 bits per heavy atom. The molecule has 5 nitrogen and oxygen atoms in total. The van der Waals surface area contributed by atoms with Gasteiger partial charge in [-0.1, -0.05) is 0 Å². The SMILES string of the molecule is FC(F)(F)c1ccc(N2CCNCC2)nc1OCc1ccco1. The molecular weight excluding hydrogens is 311 g/mol. The van der Waals surface area contributed by atoms with E-state index in [4.69, 9.17) is 9.15 Å². The van der Waals surface area contributed by atoms with Crippen LogP contribution >= 0.6 is 0 Å². The topological polar surface area (TPSA) is 50.5 Å². The molecule has 1 aliphatic heterocycles. The Kier molecular flexibility index (Phi) is 4.42. The molecule has 124 valence electrons. The maximum absolute atomic E-state index is 13.1. The van der Waals surface area contributed by atoms with Crippen LogP contribution < -0.4 is 15.0 Å². The van der Waals surface area contributed by atoms with Gasteiger partial charge >= 0.3 is 6.18 Å². The second kappa shape index (κ2) is 6.49. The van der Waals surface area contributed by atoms with Gasteiger partial charge < -0.3 is 19.4 Å². The van der Waals surface area contributed by atoms with Crippen molar-refractivity contribution in [1.29, 1.82) is 0 Å². The summed E-state index contributed by atoms with van der Waals surface area (Å²) in [6.45, 7) is 2.82.